The van der Waals surface area contributed by atoms with Crippen molar-refractivity contribution in [1.82, 2.24) is 9.97 Å². The van der Waals surface area contributed by atoms with Crippen LogP contribution in [-0.4, -0.2) is 28.5 Å². The highest BCUT2D eigenvalue weighted by molar-refractivity contribution is 6.31. The highest BCUT2D eigenvalue weighted by Crippen LogP contribution is 2.40. The van der Waals surface area contributed by atoms with E-state index >= 15 is 0 Å². The molecule has 160 valence electrons. The summed E-state index contributed by atoms with van der Waals surface area (Å²) in [5.41, 5.74) is 9.38. The quantitative estimate of drug-likeness (QED) is 0.669. The molecule has 0 saturated heterocycles. The number of amides is 1. The van der Waals surface area contributed by atoms with Gasteiger partial charge in [-0.25, -0.2) is 4.98 Å². The molecule has 6 nitrogen and oxygen atoms in total. The second kappa shape index (κ2) is 9.56. The molecule has 2 aromatic rings. The molecule has 1 aliphatic carbocycles. The summed E-state index contributed by atoms with van der Waals surface area (Å²) >= 11 is 6.65. The second-order valence-corrected chi connectivity index (χ2v) is 8.33. The second-order valence-electron chi connectivity index (χ2n) is 7.92. The van der Waals surface area contributed by atoms with Crippen LogP contribution in [-0.2, 0) is 9.53 Å². The minimum atomic E-state index is -0.594. The first-order valence-electron chi connectivity index (χ1n) is 10.4. The molecule has 0 radical (unpaired) electrons. The molecule has 0 bridgehead atoms. The summed E-state index contributed by atoms with van der Waals surface area (Å²) in [7, 11) is 0. The van der Waals surface area contributed by atoms with Gasteiger partial charge >= 0.3 is 5.97 Å². The highest BCUT2D eigenvalue weighted by atomic mass is 35.5. The maximum absolute atomic E-state index is 11.7. The van der Waals surface area contributed by atoms with Crippen molar-refractivity contribution in [2.75, 3.05) is 6.61 Å². The molecule has 1 heterocycles. The van der Waals surface area contributed by atoms with Gasteiger partial charge in [-0.05, 0) is 69.9 Å². The third kappa shape index (κ3) is 4.98. The molecule has 0 unspecified atom stereocenters. The lowest BCUT2D eigenvalue weighted by Crippen LogP contribution is -2.18. The molecule has 1 aromatic heterocycles. The van der Waals surface area contributed by atoms with E-state index in [2.05, 4.69) is 9.97 Å². The molecular weight excluding hydrogens is 402 g/mol. The number of nitrogens with two attached hydrogens (primary N) is 1. The van der Waals surface area contributed by atoms with E-state index in [9.17, 15) is 9.59 Å². The number of carbonyl (C=O) groups excluding carboxylic acids is 2. The maximum Gasteiger partial charge on any atom is 0.306 e. The van der Waals surface area contributed by atoms with Crippen LogP contribution < -0.4 is 5.73 Å². The number of carbonyl (C=O) groups is 2. The van der Waals surface area contributed by atoms with Crippen molar-refractivity contribution in [2.45, 2.75) is 58.8 Å². The Morgan fingerprint density at radius 3 is 2.43 bits per heavy atom. The van der Waals surface area contributed by atoms with Gasteiger partial charge in [0.05, 0.1) is 23.7 Å². The van der Waals surface area contributed by atoms with Crippen molar-refractivity contribution in [3.63, 3.8) is 0 Å². The summed E-state index contributed by atoms with van der Waals surface area (Å²) in [6.07, 6.45) is 4.48. The molecule has 3 rings (SSSR count). The van der Waals surface area contributed by atoms with E-state index < -0.39 is 5.91 Å². The molecular formula is C23H28ClN3O3. The predicted octanol–water partition coefficient (Wildman–Crippen LogP) is 4.74. The van der Waals surface area contributed by atoms with E-state index in [1.54, 1.807) is 6.92 Å². The number of hydrogen-bond acceptors (Lipinski definition) is 5. The van der Waals surface area contributed by atoms with Crippen LogP contribution in [0, 0.1) is 19.8 Å². The first-order chi connectivity index (χ1) is 14.3. The number of aryl methyl sites for hydroxylation is 2. The molecule has 1 fully saturated rings. The Balaban J connectivity index is 1.75. The van der Waals surface area contributed by atoms with Crippen molar-refractivity contribution in [2.24, 2.45) is 11.7 Å². The Morgan fingerprint density at radius 1 is 1.13 bits per heavy atom. The van der Waals surface area contributed by atoms with Crippen molar-refractivity contribution in [3.8, 4) is 11.3 Å². The molecule has 0 atom stereocenters. The summed E-state index contributed by atoms with van der Waals surface area (Å²) in [6, 6.07) is 5.90. The minimum absolute atomic E-state index is 0.103. The van der Waals surface area contributed by atoms with Gasteiger partial charge < -0.3 is 10.5 Å². The third-order valence-corrected chi connectivity index (χ3v) is 6.13. The number of aromatic nitrogens is 2. The van der Waals surface area contributed by atoms with Crippen LogP contribution in [0.4, 0.5) is 0 Å². The normalized spacial score (nSPS) is 18.8. The SMILES string of the molecule is CCOC(=O)CC1CCC(c2ccc(-c3nc(C(N)=O)c(C)nc3C)cc2Cl)CC1. The van der Waals surface area contributed by atoms with E-state index in [-0.39, 0.29) is 11.7 Å². The Bertz CT molecular complexity index is 953. The number of nitrogens with zero attached hydrogens (tertiary/aromatic N) is 2. The predicted molar refractivity (Wildman–Crippen MR) is 116 cm³/mol. The van der Waals surface area contributed by atoms with Crippen LogP contribution in [0.15, 0.2) is 18.2 Å². The molecule has 7 heteroatoms. The van der Waals surface area contributed by atoms with E-state index in [4.69, 9.17) is 22.1 Å². The van der Waals surface area contributed by atoms with Gasteiger partial charge in [0.2, 0.25) is 0 Å². The standard InChI is InChI=1S/C23H28ClN3O3/c1-4-30-20(28)11-15-5-7-16(8-6-15)18-10-9-17(12-19(18)24)21-13(2)26-14(3)22(27-21)23(25)29/h9-10,12,15-16H,4-8,11H2,1-3H3,(H2,25,29). The van der Waals surface area contributed by atoms with Crippen molar-refractivity contribution < 1.29 is 14.3 Å². The summed E-state index contributed by atoms with van der Waals surface area (Å²) in [6.45, 7) is 5.84. The Labute approximate surface area is 182 Å². The number of halogens is 1. The Kier molecular flexibility index (Phi) is 7.08. The third-order valence-electron chi connectivity index (χ3n) is 5.80. The lowest BCUT2D eigenvalue weighted by molar-refractivity contribution is -0.144. The molecule has 2 N–H and O–H groups in total. The molecule has 1 aliphatic rings. The molecule has 0 spiro atoms. The number of primary amides is 1. The maximum atomic E-state index is 11.7. The summed E-state index contributed by atoms with van der Waals surface area (Å²) in [4.78, 5) is 32.2. The first kappa shape index (κ1) is 22.2. The fourth-order valence-electron chi connectivity index (χ4n) is 4.28. The summed E-state index contributed by atoms with van der Waals surface area (Å²) in [5, 5.41) is 0.684. The molecule has 1 saturated carbocycles. The minimum Gasteiger partial charge on any atom is -0.466 e. The van der Waals surface area contributed by atoms with Crippen LogP contribution in [0.2, 0.25) is 5.02 Å². The van der Waals surface area contributed by atoms with Gasteiger partial charge in [0, 0.05) is 17.0 Å². The molecule has 30 heavy (non-hydrogen) atoms. The average Bonchev–Trinajstić information content (AvgIpc) is 2.68. The van der Waals surface area contributed by atoms with Crippen molar-refractivity contribution in [1.29, 1.82) is 0 Å². The highest BCUT2D eigenvalue weighted by Gasteiger charge is 2.26. The Hall–Kier alpha value is -2.47. The number of benzene rings is 1. The molecule has 1 aromatic carbocycles. The molecule has 0 aliphatic heterocycles. The van der Waals surface area contributed by atoms with Crippen molar-refractivity contribution in [3.05, 3.63) is 45.9 Å². The zero-order valence-electron chi connectivity index (χ0n) is 17.7. The van der Waals surface area contributed by atoms with Crippen LogP contribution >= 0.6 is 11.6 Å². The smallest absolute Gasteiger partial charge is 0.306 e. The molecule has 1 amide bonds. The van der Waals surface area contributed by atoms with Gasteiger partial charge in [-0.3, -0.25) is 14.6 Å². The summed E-state index contributed by atoms with van der Waals surface area (Å²) < 4.78 is 5.07. The van der Waals surface area contributed by atoms with Gasteiger partial charge in [-0.1, -0.05) is 23.7 Å². The monoisotopic (exact) mass is 429 g/mol. The van der Waals surface area contributed by atoms with Gasteiger partial charge in [0.15, 0.2) is 0 Å². The van der Waals surface area contributed by atoms with Crippen LogP contribution in [0.1, 0.15) is 72.4 Å². The lowest BCUT2D eigenvalue weighted by Gasteiger charge is -2.29. The topological polar surface area (TPSA) is 95.2 Å². The first-order valence-corrected chi connectivity index (χ1v) is 10.8. The summed E-state index contributed by atoms with van der Waals surface area (Å²) in [5.74, 6) is 0.0595. The van der Waals surface area contributed by atoms with E-state index in [1.165, 1.54) is 0 Å². The fourth-order valence-corrected chi connectivity index (χ4v) is 4.61. The van der Waals surface area contributed by atoms with Gasteiger partial charge in [-0.2, -0.15) is 0 Å². The Morgan fingerprint density at radius 2 is 1.83 bits per heavy atom. The van der Waals surface area contributed by atoms with Gasteiger partial charge in [0.25, 0.3) is 5.91 Å². The van der Waals surface area contributed by atoms with Gasteiger partial charge in [0.1, 0.15) is 5.69 Å². The fraction of sp³-hybridized carbons (Fsp3) is 0.478. The number of esters is 1. The van der Waals surface area contributed by atoms with E-state index in [0.29, 0.717) is 41.3 Å². The number of rotatable bonds is 6. The van der Waals surface area contributed by atoms with Crippen LogP contribution in [0.25, 0.3) is 11.3 Å². The zero-order valence-corrected chi connectivity index (χ0v) is 18.5. The van der Waals surface area contributed by atoms with E-state index in [0.717, 1.165) is 42.5 Å². The number of hydrogen-bond donors (Lipinski definition) is 1. The zero-order chi connectivity index (χ0) is 21.8. The van der Waals surface area contributed by atoms with Crippen LogP contribution in [0.3, 0.4) is 0 Å². The van der Waals surface area contributed by atoms with Crippen LogP contribution in [0.5, 0.6) is 0 Å². The van der Waals surface area contributed by atoms with Crippen molar-refractivity contribution >= 4 is 23.5 Å². The lowest BCUT2D eigenvalue weighted by atomic mass is 9.77. The number of ether oxygens (including phenoxy) is 1. The van der Waals surface area contributed by atoms with E-state index in [1.807, 2.05) is 32.0 Å². The largest absolute Gasteiger partial charge is 0.466 e. The average molecular weight is 430 g/mol. The van der Waals surface area contributed by atoms with Gasteiger partial charge in [-0.15, -0.1) is 0 Å².